The number of hydrazine groups is 1. The minimum atomic E-state index is 0.633. The van der Waals surface area contributed by atoms with Crippen molar-refractivity contribution in [2.45, 2.75) is 26.7 Å². The average Bonchev–Trinajstić information content (AvgIpc) is 2.60. The molecular weight excluding hydrogens is 331 g/mol. The molecule has 2 N–H and O–H groups in total. The molecule has 0 spiro atoms. The van der Waals surface area contributed by atoms with Gasteiger partial charge in [0.15, 0.2) is 0 Å². The molecule has 0 aliphatic carbocycles. The molecule has 2 rings (SSSR count). The van der Waals surface area contributed by atoms with Crippen molar-refractivity contribution in [2.24, 2.45) is 0 Å². The van der Waals surface area contributed by atoms with E-state index in [-0.39, 0.29) is 0 Å². The number of nitrogens with zero attached hydrogens (tertiary/aromatic N) is 2. The molecule has 1 aliphatic rings. The lowest BCUT2D eigenvalue weighted by Gasteiger charge is -2.36. The maximum absolute atomic E-state index is 6.29. The van der Waals surface area contributed by atoms with Crippen LogP contribution in [0.2, 0.25) is 10.0 Å². The summed E-state index contributed by atoms with van der Waals surface area (Å²) in [5.74, 6) is 0. The Morgan fingerprint density at radius 2 is 1.74 bits per heavy atom. The molecule has 6 heteroatoms. The highest BCUT2D eigenvalue weighted by atomic mass is 35.5. The van der Waals surface area contributed by atoms with Crippen molar-refractivity contribution in [1.82, 2.24) is 15.8 Å². The zero-order valence-corrected chi connectivity index (χ0v) is 16.1. The predicted molar refractivity (Wildman–Crippen MR) is 103 cm³/mol. The minimum absolute atomic E-state index is 0.633. The van der Waals surface area contributed by atoms with Gasteiger partial charge in [-0.1, -0.05) is 43.1 Å². The van der Waals surface area contributed by atoms with Crippen molar-refractivity contribution in [3.05, 3.63) is 28.2 Å². The Balaban J connectivity index is 0.00000127. The van der Waals surface area contributed by atoms with Crippen molar-refractivity contribution in [3.8, 4) is 0 Å². The molecule has 0 saturated carbocycles. The lowest BCUT2D eigenvalue weighted by atomic mass is 10.2. The molecule has 0 radical (unpaired) electrons. The van der Waals surface area contributed by atoms with Crippen LogP contribution in [0.3, 0.4) is 0 Å². The van der Waals surface area contributed by atoms with Gasteiger partial charge in [0.1, 0.15) is 0 Å². The Bertz CT molecular complexity index is 435. The molecule has 1 heterocycles. The normalized spacial score (nSPS) is 15.3. The van der Waals surface area contributed by atoms with E-state index in [0.29, 0.717) is 10.0 Å². The maximum Gasteiger partial charge on any atom is 0.0825 e. The molecule has 1 aliphatic heterocycles. The summed E-state index contributed by atoms with van der Waals surface area (Å²) in [6, 6.07) is 5.85. The molecule has 1 aromatic rings. The summed E-state index contributed by atoms with van der Waals surface area (Å²) in [6.45, 7) is 10.4. The highest BCUT2D eigenvalue weighted by Crippen LogP contribution is 2.32. The van der Waals surface area contributed by atoms with Gasteiger partial charge >= 0.3 is 0 Å². The molecule has 0 amide bonds. The Kier molecular flexibility index (Phi) is 10.6. The van der Waals surface area contributed by atoms with E-state index >= 15 is 0 Å². The van der Waals surface area contributed by atoms with Gasteiger partial charge in [0.25, 0.3) is 0 Å². The monoisotopic (exact) mass is 360 g/mol. The summed E-state index contributed by atoms with van der Waals surface area (Å²) in [7, 11) is 1.90. The third kappa shape index (κ3) is 6.86. The molecular formula is C17H30Cl2N4. The van der Waals surface area contributed by atoms with Gasteiger partial charge in [-0.2, -0.15) is 0 Å². The van der Waals surface area contributed by atoms with Crippen LogP contribution in [0.4, 0.5) is 5.69 Å². The lowest BCUT2D eigenvalue weighted by molar-refractivity contribution is 0.252. The van der Waals surface area contributed by atoms with Crippen molar-refractivity contribution < 1.29 is 0 Å². The van der Waals surface area contributed by atoms with E-state index in [1.165, 1.54) is 19.4 Å². The first-order chi connectivity index (χ1) is 11.2. The third-order valence-corrected chi connectivity index (χ3v) is 4.66. The SMILES string of the molecule is CC.CNNCCCCN1CCN(c2cccc(Cl)c2Cl)CC1. The van der Waals surface area contributed by atoms with E-state index in [4.69, 9.17) is 23.2 Å². The third-order valence-electron chi connectivity index (χ3n) is 3.85. The summed E-state index contributed by atoms with van der Waals surface area (Å²) >= 11 is 12.4. The molecule has 0 atom stereocenters. The van der Waals surface area contributed by atoms with Crippen LogP contribution >= 0.6 is 23.2 Å². The highest BCUT2D eigenvalue weighted by molar-refractivity contribution is 6.43. The van der Waals surface area contributed by atoms with E-state index in [1.54, 1.807) is 0 Å². The van der Waals surface area contributed by atoms with Crippen LogP contribution in [-0.4, -0.2) is 51.2 Å². The molecule has 0 bridgehead atoms. The van der Waals surface area contributed by atoms with Crippen molar-refractivity contribution in [2.75, 3.05) is 51.2 Å². The van der Waals surface area contributed by atoms with Gasteiger partial charge in [0.05, 0.1) is 15.7 Å². The van der Waals surface area contributed by atoms with Gasteiger partial charge in [-0.05, 0) is 38.6 Å². The van der Waals surface area contributed by atoms with Crippen molar-refractivity contribution in [1.29, 1.82) is 0 Å². The van der Waals surface area contributed by atoms with Gasteiger partial charge in [0.2, 0.25) is 0 Å². The maximum atomic E-state index is 6.29. The Morgan fingerprint density at radius 1 is 1.04 bits per heavy atom. The number of halogens is 2. The summed E-state index contributed by atoms with van der Waals surface area (Å²) < 4.78 is 0. The Morgan fingerprint density at radius 3 is 2.39 bits per heavy atom. The van der Waals surface area contributed by atoms with Gasteiger partial charge in [-0.25, -0.2) is 0 Å². The van der Waals surface area contributed by atoms with Crippen LogP contribution in [-0.2, 0) is 0 Å². The predicted octanol–water partition coefficient (Wildman–Crippen LogP) is 3.65. The van der Waals surface area contributed by atoms with E-state index < -0.39 is 0 Å². The number of hydrogen-bond donors (Lipinski definition) is 2. The summed E-state index contributed by atoms with van der Waals surface area (Å²) in [6.07, 6.45) is 2.42. The molecule has 4 nitrogen and oxygen atoms in total. The number of unbranched alkanes of at least 4 members (excludes halogenated alkanes) is 1. The van der Waals surface area contributed by atoms with E-state index in [0.717, 1.165) is 38.4 Å². The van der Waals surface area contributed by atoms with Crippen LogP contribution in [0.5, 0.6) is 0 Å². The first-order valence-electron chi connectivity index (χ1n) is 8.53. The number of anilines is 1. The van der Waals surface area contributed by atoms with Crippen LogP contribution < -0.4 is 15.8 Å². The first kappa shape index (κ1) is 20.5. The average molecular weight is 361 g/mol. The first-order valence-corrected chi connectivity index (χ1v) is 9.29. The highest BCUT2D eigenvalue weighted by Gasteiger charge is 2.19. The molecule has 0 aromatic heterocycles. The fraction of sp³-hybridized carbons (Fsp3) is 0.647. The number of piperazine rings is 1. The second-order valence-electron chi connectivity index (χ2n) is 5.29. The molecule has 132 valence electrons. The number of benzene rings is 1. The zero-order chi connectivity index (χ0) is 17.1. The lowest BCUT2D eigenvalue weighted by Crippen LogP contribution is -2.46. The largest absolute Gasteiger partial charge is 0.368 e. The van der Waals surface area contributed by atoms with E-state index in [2.05, 4.69) is 20.7 Å². The second-order valence-corrected chi connectivity index (χ2v) is 6.07. The fourth-order valence-corrected chi connectivity index (χ4v) is 3.04. The Hall–Kier alpha value is -0.520. The topological polar surface area (TPSA) is 30.5 Å². The Labute approximate surface area is 151 Å². The van der Waals surface area contributed by atoms with Crippen LogP contribution in [0.15, 0.2) is 18.2 Å². The summed E-state index contributed by atoms with van der Waals surface area (Å²) in [5.41, 5.74) is 7.13. The molecule has 1 aromatic carbocycles. The van der Waals surface area contributed by atoms with E-state index in [9.17, 15) is 0 Å². The second kappa shape index (κ2) is 11.9. The van der Waals surface area contributed by atoms with Gasteiger partial charge in [-0.15, -0.1) is 0 Å². The minimum Gasteiger partial charge on any atom is -0.368 e. The van der Waals surface area contributed by atoms with Crippen molar-refractivity contribution in [3.63, 3.8) is 0 Å². The summed E-state index contributed by atoms with van der Waals surface area (Å²) in [4.78, 5) is 4.85. The summed E-state index contributed by atoms with van der Waals surface area (Å²) in [5, 5.41) is 1.30. The number of hydrogen-bond acceptors (Lipinski definition) is 4. The van der Waals surface area contributed by atoms with E-state index in [1.807, 2.05) is 39.1 Å². The molecule has 1 saturated heterocycles. The van der Waals surface area contributed by atoms with Crippen LogP contribution in [0.1, 0.15) is 26.7 Å². The fourth-order valence-electron chi connectivity index (χ4n) is 2.62. The standard InChI is InChI=1S/C15H24Cl2N4.C2H6/c1-18-19-7-2-3-8-20-9-11-21(12-10-20)14-6-4-5-13(16)15(14)17;1-2/h4-6,18-19H,2-3,7-12H2,1H3;1-2H3. The number of nitrogens with one attached hydrogen (secondary N) is 2. The smallest absolute Gasteiger partial charge is 0.0825 e. The zero-order valence-electron chi connectivity index (χ0n) is 14.5. The number of rotatable bonds is 7. The van der Waals surface area contributed by atoms with Crippen molar-refractivity contribution >= 4 is 28.9 Å². The van der Waals surface area contributed by atoms with Gasteiger partial charge in [0, 0.05) is 32.7 Å². The van der Waals surface area contributed by atoms with Gasteiger partial charge < -0.3 is 4.90 Å². The van der Waals surface area contributed by atoms with Crippen LogP contribution in [0, 0.1) is 0 Å². The quantitative estimate of drug-likeness (QED) is 0.573. The van der Waals surface area contributed by atoms with Gasteiger partial charge in [-0.3, -0.25) is 15.8 Å². The molecule has 1 fully saturated rings. The molecule has 23 heavy (non-hydrogen) atoms. The molecule has 0 unspecified atom stereocenters. The van der Waals surface area contributed by atoms with Crippen LogP contribution in [0.25, 0.3) is 0 Å².